The highest BCUT2D eigenvalue weighted by Gasteiger charge is 2.47. The predicted octanol–water partition coefficient (Wildman–Crippen LogP) is 0.630. The maximum Gasteiger partial charge on any atom is 0.323 e. The van der Waals surface area contributed by atoms with Crippen molar-refractivity contribution in [3.63, 3.8) is 0 Å². The van der Waals surface area contributed by atoms with Crippen LogP contribution in [0.4, 0.5) is 0 Å². The number of nitrogens with zero attached hydrogens (tertiary/aromatic N) is 2. The van der Waals surface area contributed by atoms with Crippen molar-refractivity contribution in [3.8, 4) is 0 Å². The van der Waals surface area contributed by atoms with Crippen molar-refractivity contribution in [3.05, 3.63) is 0 Å². The van der Waals surface area contributed by atoms with Gasteiger partial charge in [-0.05, 0) is 46.3 Å². The number of carboxylic acid groups (broad SMARTS) is 1. The third-order valence-corrected chi connectivity index (χ3v) is 3.96. The molecule has 15 heavy (non-hydrogen) atoms. The zero-order valence-corrected chi connectivity index (χ0v) is 9.57. The standard InChI is InChI=1S/C11H20N2O2/c1-11(10(14)15)5-3-6-13(11)9-4-7-12(2)8-9/h9H,3-8H2,1-2H3,(H,14,15). The van der Waals surface area contributed by atoms with Crippen molar-refractivity contribution in [2.24, 2.45) is 0 Å². The largest absolute Gasteiger partial charge is 0.480 e. The van der Waals surface area contributed by atoms with Crippen LogP contribution in [0.25, 0.3) is 0 Å². The molecular formula is C11H20N2O2. The molecular weight excluding hydrogens is 192 g/mol. The van der Waals surface area contributed by atoms with E-state index in [-0.39, 0.29) is 0 Å². The molecule has 0 aromatic carbocycles. The summed E-state index contributed by atoms with van der Waals surface area (Å²) in [6, 6.07) is 0.443. The molecule has 2 unspecified atom stereocenters. The molecule has 0 amide bonds. The number of aliphatic carboxylic acids is 1. The average Bonchev–Trinajstić information content (AvgIpc) is 2.72. The van der Waals surface area contributed by atoms with E-state index in [1.165, 1.54) is 0 Å². The fourth-order valence-corrected chi connectivity index (χ4v) is 2.97. The van der Waals surface area contributed by atoms with Crippen LogP contribution >= 0.6 is 0 Å². The zero-order valence-electron chi connectivity index (χ0n) is 9.57. The third-order valence-electron chi connectivity index (χ3n) is 3.96. The Morgan fingerprint density at radius 2 is 2.20 bits per heavy atom. The molecule has 0 aliphatic carbocycles. The Morgan fingerprint density at radius 1 is 1.47 bits per heavy atom. The molecule has 0 saturated carbocycles. The molecule has 2 saturated heterocycles. The predicted molar refractivity (Wildman–Crippen MR) is 57.9 cm³/mol. The van der Waals surface area contributed by atoms with E-state index in [2.05, 4.69) is 16.8 Å². The second-order valence-electron chi connectivity index (χ2n) is 5.08. The molecule has 2 fully saturated rings. The number of likely N-dealkylation sites (tertiary alicyclic amines) is 2. The van der Waals surface area contributed by atoms with Crippen LogP contribution in [0.15, 0.2) is 0 Å². The molecule has 2 aliphatic rings. The first-order valence-corrected chi connectivity index (χ1v) is 5.73. The molecule has 2 heterocycles. The normalized spacial score (nSPS) is 38.7. The summed E-state index contributed by atoms with van der Waals surface area (Å²) < 4.78 is 0. The van der Waals surface area contributed by atoms with Crippen LogP contribution < -0.4 is 0 Å². The minimum atomic E-state index is -0.658. The summed E-state index contributed by atoms with van der Waals surface area (Å²) in [6.45, 7) is 4.93. The topological polar surface area (TPSA) is 43.8 Å². The average molecular weight is 212 g/mol. The SMILES string of the molecule is CN1CCC(N2CCCC2(C)C(=O)O)C1. The molecule has 2 rings (SSSR count). The Balaban J connectivity index is 2.11. The summed E-state index contributed by atoms with van der Waals surface area (Å²) in [7, 11) is 2.11. The van der Waals surface area contributed by atoms with Gasteiger partial charge in [-0.15, -0.1) is 0 Å². The maximum atomic E-state index is 11.3. The third kappa shape index (κ3) is 1.76. The number of hydrogen-bond acceptors (Lipinski definition) is 3. The van der Waals surface area contributed by atoms with Crippen LogP contribution in [0.2, 0.25) is 0 Å². The van der Waals surface area contributed by atoms with Gasteiger partial charge in [-0.2, -0.15) is 0 Å². The second kappa shape index (κ2) is 3.76. The molecule has 0 aromatic heterocycles. The summed E-state index contributed by atoms with van der Waals surface area (Å²) in [5.41, 5.74) is -0.615. The molecule has 1 N–H and O–H groups in total. The molecule has 0 spiro atoms. The first kappa shape index (κ1) is 10.9. The van der Waals surface area contributed by atoms with Crippen LogP contribution in [0, 0.1) is 0 Å². The molecule has 4 nitrogen and oxygen atoms in total. The van der Waals surface area contributed by atoms with Gasteiger partial charge < -0.3 is 10.0 Å². The van der Waals surface area contributed by atoms with E-state index < -0.39 is 11.5 Å². The van der Waals surface area contributed by atoms with E-state index in [1.54, 1.807) is 0 Å². The van der Waals surface area contributed by atoms with Gasteiger partial charge in [0.15, 0.2) is 0 Å². The fraction of sp³-hybridized carbons (Fsp3) is 0.909. The van der Waals surface area contributed by atoms with Crippen molar-refractivity contribution in [2.75, 3.05) is 26.7 Å². The summed E-state index contributed by atoms with van der Waals surface area (Å²) in [6.07, 6.45) is 2.92. The first-order chi connectivity index (χ1) is 7.04. The quantitative estimate of drug-likeness (QED) is 0.729. The van der Waals surface area contributed by atoms with E-state index >= 15 is 0 Å². The summed E-state index contributed by atoms with van der Waals surface area (Å²) in [5.74, 6) is -0.658. The number of hydrogen-bond donors (Lipinski definition) is 1. The van der Waals surface area contributed by atoms with Gasteiger partial charge in [-0.1, -0.05) is 0 Å². The van der Waals surface area contributed by atoms with Crippen LogP contribution in [-0.2, 0) is 4.79 Å². The Hall–Kier alpha value is -0.610. The smallest absolute Gasteiger partial charge is 0.323 e. The number of rotatable bonds is 2. The van der Waals surface area contributed by atoms with Crippen LogP contribution in [0.1, 0.15) is 26.2 Å². The minimum Gasteiger partial charge on any atom is -0.480 e. The van der Waals surface area contributed by atoms with Gasteiger partial charge in [0.25, 0.3) is 0 Å². The number of carbonyl (C=O) groups is 1. The van der Waals surface area contributed by atoms with Crippen LogP contribution in [-0.4, -0.2) is 59.1 Å². The first-order valence-electron chi connectivity index (χ1n) is 5.73. The Labute approximate surface area is 90.9 Å². The van der Waals surface area contributed by atoms with Crippen molar-refractivity contribution in [1.29, 1.82) is 0 Å². The van der Waals surface area contributed by atoms with E-state index in [1.807, 2.05) is 6.92 Å². The van der Waals surface area contributed by atoms with E-state index in [4.69, 9.17) is 0 Å². The molecule has 0 bridgehead atoms. The van der Waals surface area contributed by atoms with Gasteiger partial charge in [0, 0.05) is 12.6 Å². The van der Waals surface area contributed by atoms with Gasteiger partial charge >= 0.3 is 5.97 Å². The van der Waals surface area contributed by atoms with Crippen LogP contribution in [0.3, 0.4) is 0 Å². The highest BCUT2D eigenvalue weighted by molar-refractivity contribution is 5.78. The summed E-state index contributed by atoms with van der Waals surface area (Å²) in [5, 5.41) is 9.31. The van der Waals surface area contributed by atoms with E-state index in [0.29, 0.717) is 6.04 Å². The molecule has 2 atom stereocenters. The van der Waals surface area contributed by atoms with Gasteiger partial charge in [0.05, 0.1) is 0 Å². The lowest BCUT2D eigenvalue weighted by atomic mass is 9.97. The van der Waals surface area contributed by atoms with Gasteiger partial charge in [-0.3, -0.25) is 9.69 Å². The summed E-state index contributed by atoms with van der Waals surface area (Å²) in [4.78, 5) is 15.8. The molecule has 4 heteroatoms. The van der Waals surface area contributed by atoms with Crippen LogP contribution in [0.5, 0.6) is 0 Å². The Bertz CT molecular complexity index is 269. The van der Waals surface area contributed by atoms with E-state index in [0.717, 1.165) is 38.9 Å². The van der Waals surface area contributed by atoms with Gasteiger partial charge in [-0.25, -0.2) is 0 Å². The number of likely N-dealkylation sites (N-methyl/N-ethyl adjacent to an activating group) is 1. The second-order valence-corrected chi connectivity index (χ2v) is 5.08. The minimum absolute atomic E-state index is 0.443. The molecule has 0 aromatic rings. The maximum absolute atomic E-state index is 11.3. The fourth-order valence-electron chi connectivity index (χ4n) is 2.97. The molecule has 0 radical (unpaired) electrons. The monoisotopic (exact) mass is 212 g/mol. The lowest BCUT2D eigenvalue weighted by molar-refractivity contribution is -0.149. The van der Waals surface area contributed by atoms with Gasteiger partial charge in [0.1, 0.15) is 5.54 Å². The number of carboxylic acids is 1. The molecule has 2 aliphatic heterocycles. The zero-order chi connectivity index (χ0) is 11.1. The van der Waals surface area contributed by atoms with Crippen molar-refractivity contribution in [1.82, 2.24) is 9.80 Å². The Morgan fingerprint density at radius 3 is 2.73 bits per heavy atom. The lowest BCUT2D eigenvalue weighted by Crippen LogP contribution is -2.53. The Kier molecular flexibility index (Phi) is 2.73. The van der Waals surface area contributed by atoms with Gasteiger partial charge in [0.2, 0.25) is 0 Å². The van der Waals surface area contributed by atoms with Crippen molar-refractivity contribution >= 4 is 5.97 Å². The molecule has 86 valence electrons. The van der Waals surface area contributed by atoms with Crippen molar-refractivity contribution < 1.29 is 9.90 Å². The van der Waals surface area contributed by atoms with E-state index in [9.17, 15) is 9.90 Å². The highest BCUT2D eigenvalue weighted by Crippen LogP contribution is 2.33. The summed E-state index contributed by atoms with van der Waals surface area (Å²) >= 11 is 0. The van der Waals surface area contributed by atoms with Crippen molar-refractivity contribution in [2.45, 2.75) is 37.8 Å². The lowest BCUT2D eigenvalue weighted by Gasteiger charge is -2.35. The highest BCUT2D eigenvalue weighted by atomic mass is 16.4.